The Morgan fingerprint density at radius 1 is 1.11 bits per heavy atom. The normalized spacial score (nSPS) is 20.5. The molecule has 4 rings (SSSR count). The molecule has 38 heavy (non-hydrogen) atoms. The summed E-state index contributed by atoms with van der Waals surface area (Å²) in [5.41, 5.74) is 1.49. The van der Waals surface area contributed by atoms with Crippen molar-refractivity contribution in [2.75, 3.05) is 19.7 Å². The van der Waals surface area contributed by atoms with E-state index in [2.05, 4.69) is 5.32 Å². The zero-order valence-corrected chi connectivity index (χ0v) is 23.1. The molecule has 4 unspecified atom stereocenters. The molecule has 2 aliphatic rings. The molecule has 0 bridgehead atoms. The Hall–Kier alpha value is -3.04. The fraction of sp³-hybridized carbons (Fsp3) is 0.517. The lowest BCUT2D eigenvalue weighted by Crippen LogP contribution is -2.53. The van der Waals surface area contributed by atoms with E-state index in [1.165, 1.54) is 0 Å². The Kier molecular flexibility index (Phi) is 8.99. The summed E-state index contributed by atoms with van der Waals surface area (Å²) in [5.74, 6) is -1.40. The number of rotatable bonds is 10. The van der Waals surface area contributed by atoms with Gasteiger partial charge in [0.1, 0.15) is 12.1 Å². The number of carbonyl (C=O) groups is 4. The first kappa shape index (κ1) is 28.0. The summed E-state index contributed by atoms with van der Waals surface area (Å²) in [6, 6.07) is 9.43. The summed E-state index contributed by atoms with van der Waals surface area (Å²) < 4.78 is 0. The molecule has 204 valence electrons. The van der Waals surface area contributed by atoms with Gasteiger partial charge in [-0.1, -0.05) is 45.4 Å². The van der Waals surface area contributed by atoms with Gasteiger partial charge in [-0.05, 0) is 54.3 Å². The number of aliphatic hydroxyl groups excluding tert-OH is 1. The maximum atomic E-state index is 13.7. The van der Waals surface area contributed by atoms with Crippen LogP contribution in [0, 0.1) is 11.8 Å². The van der Waals surface area contributed by atoms with Crippen LogP contribution in [0.2, 0.25) is 0 Å². The predicted molar refractivity (Wildman–Crippen MR) is 147 cm³/mol. The smallest absolute Gasteiger partial charge is 0.251 e. The largest absolute Gasteiger partial charge is 0.396 e. The summed E-state index contributed by atoms with van der Waals surface area (Å²) in [4.78, 5) is 57.2. The van der Waals surface area contributed by atoms with Gasteiger partial charge in [0.25, 0.3) is 5.91 Å². The van der Waals surface area contributed by atoms with E-state index in [1.807, 2.05) is 50.4 Å². The average Bonchev–Trinajstić information content (AvgIpc) is 3.65. The van der Waals surface area contributed by atoms with Gasteiger partial charge in [-0.15, -0.1) is 11.3 Å². The van der Waals surface area contributed by atoms with E-state index in [4.69, 9.17) is 0 Å². The van der Waals surface area contributed by atoms with Gasteiger partial charge in [0, 0.05) is 17.0 Å². The van der Waals surface area contributed by atoms with Crippen molar-refractivity contribution in [1.82, 2.24) is 15.1 Å². The zero-order valence-electron chi connectivity index (χ0n) is 22.3. The van der Waals surface area contributed by atoms with E-state index in [-0.39, 0.29) is 48.6 Å². The van der Waals surface area contributed by atoms with Crippen LogP contribution in [0.5, 0.6) is 0 Å². The average molecular weight is 540 g/mol. The van der Waals surface area contributed by atoms with Gasteiger partial charge in [0.2, 0.25) is 11.8 Å². The highest BCUT2D eigenvalue weighted by Gasteiger charge is 2.52. The zero-order chi connectivity index (χ0) is 27.4. The van der Waals surface area contributed by atoms with Crippen molar-refractivity contribution in [3.8, 4) is 10.4 Å². The molecule has 2 saturated heterocycles. The van der Waals surface area contributed by atoms with Crippen LogP contribution in [-0.2, 0) is 14.4 Å². The quantitative estimate of drug-likeness (QED) is 0.482. The maximum absolute atomic E-state index is 13.7. The van der Waals surface area contributed by atoms with Crippen LogP contribution in [-0.4, -0.2) is 76.2 Å². The lowest BCUT2D eigenvalue weighted by Gasteiger charge is -2.29. The second kappa shape index (κ2) is 12.2. The Morgan fingerprint density at radius 2 is 1.84 bits per heavy atom. The molecule has 1 aromatic heterocycles. The number of amides is 3. The van der Waals surface area contributed by atoms with Crippen molar-refractivity contribution in [2.45, 2.75) is 64.6 Å². The van der Waals surface area contributed by atoms with Crippen LogP contribution in [0.4, 0.5) is 0 Å². The fourth-order valence-corrected chi connectivity index (χ4v) is 6.33. The number of thiophene rings is 1. The number of benzene rings is 1. The van der Waals surface area contributed by atoms with E-state index >= 15 is 0 Å². The number of likely N-dealkylation sites (tertiary alicyclic amines) is 2. The summed E-state index contributed by atoms with van der Waals surface area (Å²) in [6.45, 7) is 5.97. The van der Waals surface area contributed by atoms with Crippen LogP contribution in [0.25, 0.3) is 10.4 Å². The lowest BCUT2D eigenvalue weighted by atomic mass is 10.0. The first-order valence-electron chi connectivity index (χ1n) is 13.4. The monoisotopic (exact) mass is 539 g/mol. The van der Waals surface area contributed by atoms with Gasteiger partial charge >= 0.3 is 0 Å². The highest BCUT2D eigenvalue weighted by Crippen LogP contribution is 2.32. The molecule has 0 saturated carbocycles. The summed E-state index contributed by atoms with van der Waals surface area (Å²) in [6.07, 6.45) is 2.25. The van der Waals surface area contributed by atoms with E-state index in [0.717, 1.165) is 16.9 Å². The van der Waals surface area contributed by atoms with Crippen LogP contribution in [0.15, 0.2) is 41.8 Å². The molecular formula is C29H37N3O5S. The van der Waals surface area contributed by atoms with Crippen molar-refractivity contribution in [2.24, 2.45) is 11.8 Å². The third kappa shape index (κ3) is 5.83. The number of aliphatic hydroxyl groups is 1. The van der Waals surface area contributed by atoms with Crippen molar-refractivity contribution in [3.63, 3.8) is 0 Å². The third-order valence-electron chi connectivity index (χ3n) is 7.46. The molecule has 9 heteroatoms. The number of ketones is 1. The number of hydrogen-bond acceptors (Lipinski definition) is 6. The molecule has 8 nitrogen and oxygen atoms in total. The van der Waals surface area contributed by atoms with Crippen molar-refractivity contribution in [1.29, 1.82) is 0 Å². The van der Waals surface area contributed by atoms with Crippen LogP contribution in [0.3, 0.4) is 0 Å². The molecule has 1 aromatic carbocycles. The first-order valence-corrected chi connectivity index (χ1v) is 14.3. The Labute approximate surface area is 228 Å². The number of nitrogens with one attached hydrogen (secondary N) is 1. The lowest BCUT2D eigenvalue weighted by molar-refractivity contribution is -0.139. The number of Topliss-reactive ketones (excluding diaryl/α,β-unsaturated/α-hetero) is 1. The van der Waals surface area contributed by atoms with Crippen LogP contribution < -0.4 is 5.32 Å². The minimum absolute atomic E-state index is 0.0457. The molecule has 2 aromatic rings. The van der Waals surface area contributed by atoms with E-state index in [1.54, 1.807) is 33.3 Å². The first-order chi connectivity index (χ1) is 18.2. The fourth-order valence-electron chi connectivity index (χ4n) is 5.60. The molecule has 3 heterocycles. The Morgan fingerprint density at radius 3 is 2.45 bits per heavy atom. The van der Waals surface area contributed by atoms with Crippen LogP contribution >= 0.6 is 11.3 Å². The number of carbonyl (C=O) groups excluding carboxylic acids is 4. The summed E-state index contributed by atoms with van der Waals surface area (Å²) in [5, 5.41) is 14.6. The number of nitrogens with zero attached hydrogens (tertiary/aromatic N) is 2. The van der Waals surface area contributed by atoms with Crippen molar-refractivity contribution >= 4 is 34.8 Å². The topological polar surface area (TPSA) is 107 Å². The maximum Gasteiger partial charge on any atom is 0.251 e. The molecular weight excluding hydrogens is 502 g/mol. The van der Waals surface area contributed by atoms with Gasteiger partial charge < -0.3 is 20.2 Å². The highest BCUT2D eigenvalue weighted by molar-refractivity contribution is 7.13. The van der Waals surface area contributed by atoms with Gasteiger partial charge in [-0.2, -0.15) is 0 Å². The summed E-state index contributed by atoms with van der Waals surface area (Å²) >= 11 is 1.63. The van der Waals surface area contributed by atoms with Crippen molar-refractivity contribution in [3.05, 3.63) is 47.3 Å². The SMILES string of the molecule is CCCC(CO)C(=O)N1CC(=O)C2C1CCN2C(=O)C(CC(C)C)NC(=O)c1ccc(-c2cccs2)cc1. The molecule has 2 fully saturated rings. The minimum Gasteiger partial charge on any atom is -0.396 e. The van der Waals surface area contributed by atoms with Gasteiger partial charge in [0.15, 0.2) is 5.78 Å². The molecule has 4 atom stereocenters. The second-order valence-electron chi connectivity index (χ2n) is 10.6. The number of fused-ring (bicyclic) bond motifs is 1. The standard InChI is InChI=1S/C29H37N3O5S/c1-4-6-21(17-33)28(36)32-16-24(34)26-23(32)12-13-31(26)29(37)22(15-18(2)3)30-27(35)20-10-8-19(9-11-20)25-7-5-14-38-25/h5,7-11,14,18,21-23,26,33H,4,6,12-13,15-17H2,1-3H3,(H,30,35). The Bertz CT molecular complexity index is 1150. The predicted octanol–water partition coefficient (Wildman–Crippen LogP) is 3.35. The Balaban J connectivity index is 1.47. The van der Waals surface area contributed by atoms with E-state index in [9.17, 15) is 24.3 Å². The van der Waals surface area contributed by atoms with Crippen molar-refractivity contribution < 1.29 is 24.3 Å². The highest BCUT2D eigenvalue weighted by atomic mass is 32.1. The van der Waals surface area contributed by atoms with Gasteiger partial charge in [-0.25, -0.2) is 0 Å². The van der Waals surface area contributed by atoms with E-state index < -0.39 is 18.0 Å². The number of hydrogen-bond donors (Lipinski definition) is 2. The molecule has 3 amide bonds. The van der Waals surface area contributed by atoms with E-state index in [0.29, 0.717) is 31.4 Å². The van der Waals surface area contributed by atoms with Crippen LogP contribution in [0.1, 0.15) is 56.8 Å². The molecule has 2 aliphatic heterocycles. The second-order valence-corrected chi connectivity index (χ2v) is 11.6. The van der Waals surface area contributed by atoms with Gasteiger partial charge in [0.05, 0.1) is 25.1 Å². The minimum atomic E-state index is -0.777. The molecule has 0 aliphatic carbocycles. The summed E-state index contributed by atoms with van der Waals surface area (Å²) in [7, 11) is 0. The van der Waals surface area contributed by atoms with Gasteiger partial charge in [-0.3, -0.25) is 19.2 Å². The molecule has 0 radical (unpaired) electrons. The third-order valence-corrected chi connectivity index (χ3v) is 8.38. The molecule has 2 N–H and O–H groups in total. The molecule has 0 spiro atoms.